The van der Waals surface area contributed by atoms with Crippen molar-refractivity contribution in [3.63, 3.8) is 0 Å². The van der Waals surface area contributed by atoms with Crippen LogP contribution >= 0.6 is 0 Å². The Hall–Kier alpha value is -1.31. The number of benzene rings is 1. The quantitative estimate of drug-likeness (QED) is 0.726. The molecule has 0 aromatic heterocycles. The molecule has 0 bridgehead atoms. The third-order valence-corrected chi connectivity index (χ3v) is 3.23. The minimum atomic E-state index is -0.163. The molecule has 0 N–H and O–H groups in total. The van der Waals surface area contributed by atoms with Gasteiger partial charge in [-0.3, -0.25) is 4.79 Å². The molecule has 1 aromatic carbocycles. The second kappa shape index (κ2) is 4.69. The van der Waals surface area contributed by atoms with Crippen LogP contribution in [0.4, 0.5) is 0 Å². The predicted molar refractivity (Wildman–Crippen MR) is 63.3 cm³/mol. The van der Waals surface area contributed by atoms with E-state index >= 15 is 0 Å². The second-order valence-electron chi connectivity index (χ2n) is 4.64. The molecule has 1 fully saturated rings. The highest BCUT2D eigenvalue weighted by Gasteiger charge is 2.22. The summed E-state index contributed by atoms with van der Waals surface area (Å²) in [6.07, 6.45) is 3.87. The van der Waals surface area contributed by atoms with Gasteiger partial charge in [-0.15, -0.1) is 0 Å². The summed E-state index contributed by atoms with van der Waals surface area (Å²) in [6, 6.07) is 8.32. The van der Waals surface area contributed by atoms with Crippen LogP contribution in [0.25, 0.3) is 0 Å². The Balaban J connectivity index is 2.10. The first-order chi connectivity index (χ1) is 7.70. The summed E-state index contributed by atoms with van der Waals surface area (Å²) in [5, 5.41) is 0. The lowest BCUT2D eigenvalue weighted by molar-refractivity contribution is -0.141. The number of carbonyl (C=O) groups excluding carboxylic acids is 1. The molecule has 1 aromatic rings. The van der Waals surface area contributed by atoms with Gasteiger partial charge < -0.3 is 4.74 Å². The fraction of sp³-hybridized carbons (Fsp3) is 0.500. The number of hydrogen-bond acceptors (Lipinski definition) is 2. The fourth-order valence-electron chi connectivity index (χ4n) is 1.96. The Kier molecular flexibility index (Phi) is 3.28. The zero-order valence-corrected chi connectivity index (χ0v) is 9.90. The number of hydrogen-bond donors (Lipinski definition) is 0. The first-order valence-corrected chi connectivity index (χ1v) is 5.87. The highest BCUT2D eigenvalue weighted by molar-refractivity contribution is 5.77. The molecule has 2 nitrogen and oxygen atoms in total. The fourth-order valence-corrected chi connectivity index (χ4v) is 1.96. The summed E-state index contributed by atoms with van der Waals surface area (Å²) < 4.78 is 4.76. The lowest BCUT2D eigenvalue weighted by Crippen LogP contribution is -2.10. The number of methoxy groups -OCH3 is 1. The van der Waals surface area contributed by atoms with Crippen LogP contribution in [0.2, 0.25) is 0 Å². The Bertz CT molecular complexity index is 380. The molecule has 1 saturated carbocycles. The maximum Gasteiger partial charge on any atom is 0.312 e. The van der Waals surface area contributed by atoms with Crippen molar-refractivity contribution in [2.24, 2.45) is 5.92 Å². The van der Waals surface area contributed by atoms with Gasteiger partial charge in [-0.05, 0) is 43.2 Å². The van der Waals surface area contributed by atoms with Gasteiger partial charge >= 0.3 is 5.97 Å². The molecule has 1 unspecified atom stereocenters. The van der Waals surface area contributed by atoms with Crippen molar-refractivity contribution in [3.05, 3.63) is 35.4 Å². The molecule has 16 heavy (non-hydrogen) atoms. The molecule has 0 amide bonds. The van der Waals surface area contributed by atoms with E-state index in [9.17, 15) is 4.79 Å². The number of ether oxygens (including phenoxy) is 1. The zero-order chi connectivity index (χ0) is 11.5. The Morgan fingerprint density at radius 2 is 2.25 bits per heavy atom. The molecule has 86 valence electrons. The smallest absolute Gasteiger partial charge is 0.312 e. The van der Waals surface area contributed by atoms with Crippen molar-refractivity contribution in [1.29, 1.82) is 0 Å². The standard InChI is InChI=1S/C14H18O2/c1-10(14(15)16-2)13-5-3-4-12(9-13)8-11-6-7-11/h3-5,9-11H,6-8H2,1-2H3. The molecule has 0 spiro atoms. The van der Waals surface area contributed by atoms with Crippen LogP contribution in [0.15, 0.2) is 24.3 Å². The molecule has 1 aliphatic carbocycles. The van der Waals surface area contributed by atoms with Crippen LogP contribution in [0.3, 0.4) is 0 Å². The van der Waals surface area contributed by atoms with Gasteiger partial charge in [0.1, 0.15) is 0 Å². The summed E-state index contributed by atoms with van der Waals surface area (Å²) in [7, 11) is 1.44. The maximum absolute atomic E-state index is 11.4. The van der Waals surface area contributed by atoms with E-state index in [0.29, 0.717) is 0 Å². The molecule has 0 saturated heterocycles. The summed E-state index contributed by atoms with van der Waals surface area (Å²) in [5.41, 5.74) is 2.40. The van der Waals surface area contributed by atoms with Crippen LogP contribution in [0, 0.1) is 5.92 Å². The van der Waals surface area contributed by atoms with Crippen LogP contribution in [0.5, 0.6) is 0 Å². The van der Waals surface area contributed by atoms with E-state index in [1.807, 2.05) is 19.1 Å². The Labute approximate surface area is 96.6 Å². The largest absolute Gasteiger partial charge is 0.469 e. The third kappa shape index (κ3) is 2.63. The molecule has 0 aliphatic heterocycles. The second-order valence-corrected chi connectivity index (χ2v) is 4.64. The number of carbonyl (C=O) groups is 1. The van der Waals surface area contributed by atoms with Gasteiger partial charge in [0.05, 0.1) is 13.0 Å². The average molecular weight is 218 g/mol. The predicted octanol–water partition coefficient (Wildman–Crippen LogP) is 2.92. The summed E-state index contributed by atoms with van der Waals surface area (Å²) >= 11 is 0. The van der Waals surface area contributed by atoms with E-state index in [4.69, 9.17) is 4.74 Å². The van der Waals surface area contributed by atoms with Crippen LogP contribution < -0.4 is 0 Å². The van der Waals surface area contributed by atoms with Crippen molar-refractivity contribution in [1.82, 2.24) is 0 Å². The first kappa shape index (κ1) is 11.2. The van der Waals surface area contributed by atoms with Gasteiger partial charge in [0.2, 0.25) is 0 Å². The molecule has 0 radical (unpaired) electrons. The topological polar surface area (TPSA) is 26.3 Å². The molecule has 1 atom stereocenters. The monoisotopic (exact) mass is 218 g/mol. The van der Waals surface area contributed by atoms with E-state index in [2.05, 4.69) is 12.1 Å². The summed E-state index contributed by atoms with van der Waals surface area (Å²) in [5.74, 6) is 0.552. The highest BCUT2D eigenvalue weighted by Crippen LogP contribution is 2.33. The zero-order valence-electron chi connectivity index (χ0n) is 9.90. The Morgan fingerprint density at radius 1 is 1.50 bits per heavy atom. The van der Waals surface area contributed by atoms with Crippen molar-refractivity contribution >= 4 is 5.97 Å². The molecular weight excluding hydrogens is 200 g/mol. The number of esters is 1. The lowest BCUT2D eigenvalue weighted by atomic mass is 9.97. The van der Waals surface area contributed by atoms with E-state index in [0.717, 1.165) is 17.9 Å². The van der Waals surface area contributed by atoms with Gasteiger partial charge in [0.15, 0.2) is 0 Å². The van der Waals surface area contributed by atoms with Crippen molar-refractivity contribution in [2.45, 2.75) is 32.1 Å². The van der Waals surface area contributed by atoms with Gasteiger partial charge in [-0.1, -0.05) is 24.3 Å². The van der Waals surface area contributed by atoms with Gasteiger partial charge in [0, 0.05) is 0 Å². The van der Waals surface area contributed by atoms with E-state index < -0.39 is 0 Å². The highest BCUT2D eigenvalue weighted by atomic mass is 16.5. The van der Waals surface area contributed by atoms with E-state index in [1.54, 1.807) is 0 Å². The van der Waals surface area contributed by atoms with Crippen LogP contribution in [-0.2, 0) is 16.0 Å². The lowest BCUT2D eigenvalue weighted by Gasteiger charge is -2.10. The van der Waals surface area contributed by atoms with E-state index in [-0.39, 0.29) is 11.9 Å². The average Bonchev–Trinajstić information content (AvgIpc) is 3.11. The first-order valence-electron chi connectivity index (χ1n) is 5.87. The Morgan fingerprint density at radius 3 is 2.88 bits per heavy atom. The SMILES string of the molecule is COC(=O)C(C)c1cccc(CC2CC2)c1. The minimum Gasteiger partial charge on any atom is -0.469 e. The maximum atomic E-state index is 11.4. The molecule has 1 aliphatic rings. The van der Waals surface area contributed by atoms with E-state index in [1.165, 1.54) is 25.5 Å². The molecule has 2 heteroatoms. The van der Waals surface area contributed by atoms with Gasteiger partial charge in [-0.25, -0.2) is 0 Å². The van der Waals surface area contributed by atoms with Gasteiger partial charge in [0.25, 0.3) is 0 Å². The third-order valence-electron chi connectivity index (χ3n) is 3.23. The minimum absolute atomic E-state index is 0.163. The van der Waals surface area contributed by atoms with Gasteiger partial charge in [-0.2, -0.15) is 0 Å². The van der Waals surface area contributed by atoms with Crippen molar-refractivity contribution < 1.29 is 9.53 Å². The molecule has 0 heterocycles. The summed E-state index contributed by atoms with van der Waals surface area (Å²) in [6.45, 7) is 1.89. The summed E-state index contributed by atoms with van der Waals surface area (Å²) in [4.78, 5) is 11.4. The van der Waals surface area contributed by atoms with Crippen LogP contribution in [0.1, 0.15) is 36.8 Å². The van der Waals surface area contributed by atoms with Crippen LogP contribution in [-0.4, -0.2) is 13.1 Å². The number of rotatable bonds is 4. The molecular formula is C14H18O2. The molecule has 2 rings (SSSR count). The normalized spacial score (nSPS) is 16.9. The van der Waals surface area contributed by atoms with Crippen molar-refractivity contribution in [3.8, 4) is 0 Å². The van der Waals surface area contributed by atoms with Crippen molar-refractivity contribution in [2.75, 3.05) is 7.11 Å².